The number of benzene rings is 4. The monoisotopic (exact) mass is 310 g/mol. The Morgan fingerprint density at radius 3 is 1.00 bits per heavy atom. The summed E-state index contributed by atoms with van der Waals surface area (Å²) in [6.07, 6.45) is 5.01. The first-order chi connectivity index (χ1) is 11.7. The van der Waals surface area contributed by atoms with Gasteiger partial charge in [-0.15, -0.1) is 0 Å². The summed E-state index contributed by atoms with van der Waals surface area (Å²) in [5.41, 5.74) is 0. The number of carbonyl (C=O) groups is 2. The third-order valence-corrected chi connectivity index (χ3v) is 4.22. The fraction of sp³-hybridized carbons (Fsp3) is 0. The quantitative estimate of drug-likeness (QED) is 0.344. The molecule has 0 aromatic heterocycles. The molecule has 1 aliphatic carbocycles. The van der Waals surface area contributed by atoms with Crippen molar-refractivity contribution in [3.63, 3.8) is 0 Å². The number of hydrogen-bond donors (Lipinski definition) is 0. The van der Waals surface area contributed by atoms with Gasteiger partial charge in [-0.1, -0.05) is 60.7 Å². The topological polar surface area (TPSA) is 34.1 Å². The first-order valence-corrected chi connectivity index (χ1v) is 7.79. The first kappa shape index (κ1) is 14.3. The second-order valence-electron chi connectivity index (χ2n) is 5.76. The van der Waals surface area contributed by atoms with Crippen molar-refractivity contribution in [1.82, 2.24) is 0 Å². The lowest BCUT2D eigenvalue weighted by atomic mass is 9.95. The van der Waals surface area contributed by atoms with Gasteiger partial charge in [0.25, 0.3) is 0 Å². The van der Waals surface area contributed by atoms with E-state index in [4.69, 9.17) is 0 Å². The molecule has 5 rings (SSSR count). The molecule has 0 spiro atoms. The van der Waals surface area contributed by atoms with Gasteiger partial charge in [-0.05, 0) is 56.6 Å². The Kier molecular flexibility index (Phi) is 3.43. The van der Waals surface area contributed by atoms with Crippen LogP contribution in [0.4, 0.5) is 0 Å². The van der Waals surface area contributed by atoms with E-state index in [0.717, 1.165) is 0 Å². The molecule has 0 unspecified atom stereocenters. The number of allylic oxidation sites excluding steroid dienone is 4. The van der Waals surface area contributed by atoms with Gasteiger partial charge in [0.05, 0.1) is 0 Å². The van der Waals surface area contributed by atoms with Gasteiger partial charge in [0.15, 0.2) is 11.6 Å². The molecule has 4 aromatic carbocycles. The van der Waals surface area contributed by atoms with E-state index in [9.17, 15) is 9.59 Å². The van der Waals surface area contributed by atoms with Gasteiger partial charge in [-0.25, -0.2) is 0 Å². The Morgan fingerprint density at radius 1 is 0.417 bits per heavy atom. The van der Waals surface area contributed by atoms with Crippen molar-refractivity contribution >= 4 is 43.9 Å². The largest absolute Gasteiger partial charge is 0.290 e. The molecule has 0 amide bonds. The second-order valence-corrected chi connectivity index (χ2v) is 5.76. The number of hydrogen-bond acceptors (Lipinski definition) is 2. The van der Waals surface area contributed by atoms with E-state index in [1.807, 2.05) is 0 Å². The van der Waals surface area contributed by atoms with E-state index in [1.165, 1.54) is 56.6 Å². The van der Waals surface area contributed by atoms with Gasteiger partial charge < -0.3 is 0 Å². The lowest BCUT2D eigenvalue weighted by Gasteiger charge is -2.09. The molecule has 24 heavy (non-hydrogen) atoms. The van der Waals surface area contributed by atoms with Crippen molar-refractivity contribution in [1.29, 1.82) is 0 Å². The van der Waals surface area contributed by atoms with Crippen LogP contribution in [-0.2, 0) is 9.59 Å². The van der Waals surface area contributed by atoms with Crippen LogP contribution in [0.3, 0.4) is 0 Å². The molecule has 0 fully saturated rings. The zero-order valence-corrected chi connectivity index (χ0v) is 12.9. The Bertz CT molecular complexity index is 965. The molecule has 0 N–H and O–H groups in total. The Morgan fingerprint density at radius 2 is 0.708 bits per heavy atom. The molecule has 0 aliphatic heterocycles. The minimum absolute atomic E-state index is 0.121. The van der Waals surface area contributed by atoms with E-state index in [-0.39, 0.29) is 11.6 Å². The predicted octanol–water partition coefficient (Wildman–Crippen LogP) is 4.83. The van der Waals surface area contributed by atoms with Gasteiger partial charge in [0.1, 0.15) is 0 Å². The summed E-state index contributed by atoms with van der Waals surface area (Å²) in [6, 6.07) is 21.9. The predicted molar refractivity (Wildman–Crippen MR) is 98.4 cm³/mol. The fourth-order valence-corrected chi connectivity index (χ4v) is 3.11. The van der Waals surface area contributed by atoms with Crippen molar-refractivity contribution < 1.29 is 9.59 Å². The second kappa shape index (κ2) is 5.74. The molecule has 114 valence electrons. The van der Waals surface area contributed by atoms with Crippen LogP contribution in [0.25, 0.3) is 32.3 Å². The molecule has 1 aliphatic rings. The minimum Gasteiger partial charge on any atom is -0.290 e. The standard InChI is InChI=1S/C16H10.C6H4O2/c1-3-11-7-9-13-5-2-6-14-10-8-12(4-1)15(11)16(13)14;7-5-1-2-6(8)4-3-5/h1-10H;1-4H. The number of rotatable bonds is 0. The Labute approximate surface area is 139 Å². The Hall–Kier alpha value is -3.26. The third kappa shape index (κ3) is 2.48. The molecule has 0 saturated carbocycles. The highest BCUT2D eigenvalue weighted by Crippen LogP contribution is 2.33. The summed E-state index contributed by atoms with van der Waals surface area (Å²) in [5.74, 6) is -0.241. The first-order valence-electron chi connectivity index (χ1n) is 7.79. The smallest absolute Gasteiger partial charge is 0.178 e. The molecule has 0 saturated heterocycles. The van der Waals surface area contributed by atoms with Crippen molar-refractivity contribution in [2.24, 2.45) is 0 Å². The van der Waals surface area contributed by atoms with Crippen LogP contribution in [0.1, 0.15) is 0 Å². The van der Waals surface area contributed by atoms with Gasteiger partial charge in [-0.2, -0.15) is 0 Å². The maximum absolute atomic E-state index is 10.3. The fourth-order valence-electron chi connectivity index (χ4n) is 3.11. The summed E-state index contributed by atoms with van der Waals surface area (Å²) in [6.45, 7) is 0. The van der Waals surface area contributed by atoms with Crippen molar-refractivity contribution in [2.75, 3.05) is 0 Å². The summed E-state index contributed by atoms with van der Waals surface area (Å²) < 4.78 is 0. The van der Waals surface area contributed by atoms with E-state index in [2.05, 4.69) is 60.7 Å². The van der Waals surface area contributed by atoms with Gasteiger partial charge in [0.2, 0.25) is 0 Å². The molecule has 0 radical (unpaired) electrons. The van der Waals surface area contributed by atoms with Gasteiger partial charge >= 0.3 is 0 Å². The SMILES string of the molecule is O=C1C=CC(=O)C=C1.c1cc2ccc3cccc4ccc(c1)c2c34. The minimum atomic E-state index is -0.121. The van der Waals surface area contributed by atoms with Crippen LogP contribution >= 0.6 is 0 Å². The average Bonchev–Trinajstić information content (AvgIpc) is 2.63. The highest BCUT2D eigenvalue weighted by molar-refractivity contribution is 6.22. The summed E-state index contributed by atoms with van der Waals surface area (Å²) in [4.78, 5) is 20.6. The third-order valence-electron chi connectivity index (χ3n) is 4.22. The van der Waals surface area contributed by atoms with Crippen LogP contribution in [0, 0.1) is 0 Å². The van der Waals surface area contributed by atoms with E-state index >= 15 is 0 Å². The maximum Gasteiger partial charge on any atom is 0.178 e. The van der Waals surface area contributed by atoms with Crippen LogP contribution in [0.5, 0.6) is 0 Å². The Balaban J connectivity index is 0.000000155. The zero-order chi connectivity index (χ0) is 16.5. The lowest BCUT2D eigenvalue weighted by Crippen LogP contribution is -1.97. The average molecular weight is 310 g/mol. The van der Waals surface area contributed by atoms with Crippen LogP contribution < -0.4 is 0 Å². The van der Waals surface area contributed by atoms with Gasteiger partial charge in [0, 0.05) is 0 Å². The molecule has 0 atom stereocenters. The van der Waals surface area contributed by atoms with Crippen LogP contribution in [0.2, 0.25) is 0 Å². The summed E-state index contributed by atoms with van der Waals surface area (Å²) in [5, 5.41) is 8.14. The summed E-state index contributed by atoms with van der Waals surface area (Å²) >= 11 is 0. The zero-order valence-electron chi connectivity index (χ0n) is 12.9. The van der Waals surface area contributed by atoms with E-state index in [0.29, 0.717) is 0 Å². The van der Waals surface area contributed by atoms with Crippen LogP contribution in [-0.4, -0.2) is 11.6 Å². The molecule has 4 aromatic rings. The van der Waals surface area contributed by atoms with E-state index < -0.39 is 0 Å². The highest BCUT2D eigenvalue weighted by Gasteiger charge is 2.06. The summed E-state index contributed by atoms with van der Waals surface area (Å²) in [7, 11) is 0. The molecule has 2 nitrogen and oxygen atoms in total. The van der Waals surface area contributed by atoms with Gasteiger partial charge in [-0.3, -0.25) is 9.59 Å². The normalized spacial score (nSPS) is 13.7. The van der Waals surface area contributed by atoms with Crippen molar-refractivity contribution in [2.45, 2.75) is 0 Å². The number of ketones is 2. The van der Waals surface area contributed by atoms with E-state index in [1.54, 1.807) is 0 Å². The van der Waals surface area contributed by atoms with Crippen molar-refractivity contribution in [3.05, 3.63) is 85.0 Å². The molecular weight excluding hydrogens is 296 g/mol. The molecule has 0 heterocycles. The molecular formula is C22H14O2. The van der Waals surface area contributed by atoms with Crippen LogP contribution in [0.15, 0.2) is 85.0 Å². The molecule has 2 heteroatoms. The number of carbonyl (C=O) groups excluding carboxylic acids is 2. The maximum atomic E-state index is 10.3. The van der Waals surface area contributed by atoms with Crippen molar-refractivity contribution in [3.8, 4) is 0 Å². The highest BCUT2D eigenvalue weighted by atomic mass is 16.1. The lowest BCUT2D eigenvalue weighted by molar-refractivity contribution is -0.113. The molecule has 0 bridgehead atoms.